The Hall–Kier alpha value is -2.38. The third kappa shape index (κ3) is 6.05. The fourth-order valence-electron chi connectivity index (χ4n) is 3.05. The number of benzene rings is 2. The number of rotatable bonds is 10. The number of sulfonamides is 1. The molecule has 1 unspecified atom stereocenters. The predicted molar refractivity (Wildman–Crippen MR) is 115 cm³/mol. The summed E-state index contributed by atoms with van der Waals surface area (Å²) in [5, 5.41) is 2.97. The number of nitrogens with zero attached hydrogens (tertiary/aromatic N) is 1. The van der Waals surface area contributed by atoms with Crippen molar-refractivity contribution < 1.29 is 17.9 Å². The SMILES string of the molecule is CCCC(C)NC(=O)c1ccc(OCC)c(CN(C)S(=O)(=O)c2ccccc2)c1. The molecule has 0 aliphatic heterocycles. The maximum Gasteiger partial charge on any atom is 0.251 e. The van der Waals surface area contributed by atoms with E-state index in [9.17, 15) is 13.2 Å². The number of carbonyl (C=O) groups is 1. The molecule has 0 aliphatic carbocycles. The number of ether oxygens (including phenoxy) is 1. The first kappa shape index (κ1) is 22.9. The molecule has 0 radical (unpaired) electrons. The highest BCUT2D eigenvalue weighted by atomic mass is 32.2. The van der Waals surface area contributed by atoms with Crippen molar-refractivity contribution in [3.8, 4) is 5.75 Å². The van der Waals surface area contributed by atoms with Gasteiger partial charge in [0.25, 0.3) is 5.91 Å². The fraction of sp³-hybridized carbons (Fsp3) is 0.409. The van der Waals surface area contributed by atoms with Crippen LogP contribution in [0.2, 0.25) is 0 Å². The summed E-state index contributed by atoms with van der Waals surface area (Å²) in [5.41, 5.74) is 1.13. The van der Waals surface area contributed by atoms with Crippen LogP contribution < -0.4 is 10.1 Å². The molecule has 0 heterocycles. The summed E-state index contributed by atoms with van der Waals surface area (Å²) < 4.78 is 32.6. The van der Waals surface area contributed by atoms with E-state index in [2.05, 4.69) is 12.2 Å². The highest BCUT2D eigenvalue weighted by molar-refractivity contribution is 7.89. The zero-order chi connectivity index (χ0) is 21.4. The van der Waals surface area contributed by atoms with Crippen LogP contribution >= 0.6 is 0 Å². The lowest BCUT2D eigenvalue weighted by Crippen LogP contribution is -2.32. The molecule has 1 atom stereocenters. The van der Waals surface area contributed by atoms with Gasteiger partial charge in [-0.05, 0) is 50.6 Å². The molecule has 0 fully saturated rings. The standard InChI is InChI=1S/C22H30N2O4S/c1-5-10-17(3)23-22(25)18-13-14-21(28-6-2)19(15-18)16-24(4)29(26,27)20-11-8-7-9-12-20/h7-9,11-15,17H,5-6,10,16H2,1-4H3,(H,23,25). The van der Waals surface area contributed by atoms with Crippen molar-refractivity contribution in [2.75, 3.05) is 13.7 Å². The Morgan fingerprint density at radius 2 is 1.83 bits per heavy atom. The first-order chi connectivity index (χ1) is 13.8. The van der Waals surface area contributed by atoms with Crippen molar-refractivity contribution in [3.05, 3.63) is 59.7 Å². The van der Waals surface area contributed by atoms with Crippen LogP contribution in [0.1, 0.15) is 49.5 Å². The molecule has 29 heavy (non-hydrogen) atoms. The van der Waals surface area contributed by atoms with Crippen molar-refractivity contribution in [2.45, 2.75) is 51.1 Å². The van der Waals surface area contributed by atoms with Gasteiger partial charge < -0.3 is 10.1 Å². The molecule has 1 amide bonds. The Kier molecular flexibility index (Phi) is 8.22. The zero-order valence-electron chi connectivity index (χ0n) is 17.5. The molecule has 0 aromatic heterocycles. The van der Waals surface area contributed by atoms with Gasteiger partial charge in [-0.15, -0.1) is 0 Å². The van der Waals surface area contributed by atoms with Gasteiger partial charge in [0.2, 0.25) is 10.0 Å². The molecule has 2 aromatic rings. The minimum Gasteiger partial charge on any atom is -0.494 e. The topological polar surface area (TPSA) is 75.7 Å². The van der Waals surface area contributed by atoms with E-state index in [0.717, 1.165) is 12.8 Å². The van der Waals surface area contributed by atoms with Crippen LogP contribution in [-0.4, -0.2) is 38.3 Å². The second kappa shape index (κ2) is 10.4. The zero-order valence-corrected chi connectivity index (χ0v) is 18.3. The van der Waals surface area contributed by atoms with Gasteiger partial charge in [0.1, 0.15) is 5.75 Å². The molecule has 7 heteroatoms. The van der Waals surface area contributed by atoms with Crippen LogP contribution in [0.25, 0.3) is 0 Å². The summed E-state index contributed by atoms with van der Waals surface area (Å²) in [6.45, 7) is 6.44. The summed E-state index contributed by atoms with van der Waals surface area (Å²) in [4.78, 5) is 12.8. The van der Waals surface area contributed by atoms with Crippen LogP contribution in [0, 0.1) is 0 Å². The minimum atomic E-state index is -3.65. The van der Waals surface area contributed by atoms with Crippen molar-refractivity contribution in [3.63, 3.8) is 0 Å². The van der Waals surface area contributed by atoms with Gasteiger partial charge in [0.05, 0.1) is 11.5 Å². The maximum atomic E-state index is 12.8. The summed E-state index contributed by atoms with van der Waals surface area (Å²) >= 11 is 0. The quantitative estimate of drug-likeness (QED) is 0.636. The van der Waals surface area contributed by atoms with E-state index in [1.54, 1.807) is 48.5 Å². The van der Waals surface area contributed by atoms with Gasteiger partial charge >= 0.3 is 0 Å². The molecule has 0 saturated heterocycles. The Balaban J connectivity index is 2.28. The molecule has 0 saturated carbocycles. The van der Waals surface area contributed by atoms with Gasteiger partial charge in [-0.25, -0.2) is 8.42 Å². The average Bonchev–Trinajstić information content (AvgIpc) is 2.70. The molecule has 6 nitrogen and oxygen atoms in total. The van der Waals surface area contributed by atoms with Crippen molar-refractivity contribution in [2.24, 2.45) is 0 Å². The predicted octanol–water partition coefficient (Wildman–Crippen LogP) is 3.82. The number of nitrogens with one attached hydrogen (secondary N) is 1. The third-order valence-electron chi connectivity index (χ3n) is 4.57. The lowest BCUT2D eigenvalue weighted by Gasteiger charge is -2.20. The molecule has 0 spiro atoms. The van der Waals surface area contributed by atoms with Gasteiger partial charge in [-0.2, -0.15) is 4.31 Å². The first-order valence-electron chi connectivity index (χ1n) is 9.87. The van der Waals surface area contributed by atoms with E-state index < -0.39 is 10.0 Å². The molecule has 158 valence electrons. The number of carbonyl (C=O) groups excluding carboxylic acids is 1. The van der Waals surface area contributed by atoms with Crippen LogP contribution in [0.3, 0.4) is 0 Å². The van der Waals surface area contributed by atoms with Crippen LogP contribution in [0.15, 0.2) is 53.4 Å². The van der Waals surface area contributed by atoms with E-state index >= 15 is 0 Å². The summed E-state index contributed by atoms with van der Waals surface area (Å²) in [6, 6.07) is 13.5. The van der Waals surface area contributed by atoms with Crippen molar-refractivity contribution in [1.29, 1.82) is 0 Å². The number of amides is 1. The van der Waals surface area contributed by atoms with E-state index in [-0.39, 0.29) is 23.4 Å². The maximum absolute atomic E-state index is 12.8. The molecule has 2 rings (SSSR count). The second-order valence-corrected chi connectivity index (χ2v) is 9.04. The van der Waals surface area contributed by atoms with Gasteiger partial charge in [-0.3, -0.25) is 4.79 Å². The second-order valence-electron chi connectivity index (χ2n) is 6.99. The van der Waals surface area contributed by atoms with E-state index in [1.165, 1.54) is 11.4 Å². The summed E-state index contributed by atoms with van der Waals surface area (Å²) in [6.07, 6.45) is 1.88. The monoisotopic (exact) mass is 418 g/mol. The number of hydrogen-bond donors (Lipinski definition) is 1. The Morgan fingerprint density at radius 3 is 2.45 bits per heavy atom. The Bertz CT molecular complexity index is 914. The van der Waals surface area contributed by atoms with E-state index in [1.807, 2.05) is 13.8 Å². The minimum absolute atomic E-state index is 0.0728. The molecule has 0 bridgehead atoms. The van der Waals surface area contributed by atoms with Crippen molar-refractivity contribution >= 4 is 15.9 Å². The molecule has 0 aliphatic rings. The van der Waals surface area contributed by atoms with E-state index in [0.29, 0.717) is 23.5 Å². The number of hydrogen-bond acceptors (Lipinski definition) is 4. The van der Waals surface area contributed by atoms with Crippen LogP contribution in [0.4, 0.5) is 0 Å². The normalized spacial score (nSPS) is 12.6. The Labute approximate surface area is 173 Å². The summed E-state index contributed by atoms with van der Waals surface area (Å²) in [7, 11) is -2.13. The highest BCUT2D eigenvalue weighted by Gasteiger charge is 2.22. The molecule has 1 N–H and O–H groups in total. The van der Waals surface area contributed by atoms with Crippen molar-refractivity contribution in [1.82, 2.24) is 9.62 Å². The Morgan fingerprint density at radius 1 is 1.14 bits per heavy atom. The van der Waals surface area contributed by atoms with E-state index in [4.69, 9.17) is 4.74 Å². The third-order valence-corrected chi connectivity index (χ3v) is 6.38. The fourth-order valence-corrected chi connectivity index (χ4v) is 4.22. The largest absolute Gasteiger partial charge is 0.494 e. The lowest BCUT2D eigenvalue weighted by atomic mass is 10.1. The molecular formula is C22H30N2O4S. The summed E-state index contributed by atoms with van der Waals surface area (Å²) in [5.74, 6) is 0.393. The first-order valence-corrected chi connectivity index (χ1v) is 11.3. The van der Waals surface area contributed by atoms with Gasteiger partial charge in [0.15, 0.2) is 0 Å². The van der Waals surface area contributed by atoms with Gasteiger partial charge in [0, 0.05) is 30.8 Å². The highest BCUT2D eigenvalue weighted by Crippen LogP contribution is 2.24. The lowest BCUT2D eigenvalue weighted by molar-refractivity contribution is 0.0938. The smallest absolute Gasteiger partial charge is 0.251 e. The van der Waals surface area contributed by atoms with Crippen LogP contribution in [0.5, 0.6) is 5.75 Å². The van der Waals surface area contributed by atoms with Gasteiger partial charge in [-0.1, -0.05) is 31.5 Å². The average molecular weight is 419 g/mol. The molecule has 2 aromatic carbocycles. The van der Waals surface area contributed by atoms with Crippen LogP contribution in [-0.2, 0) is 16.6 Å². The molecular weight excluding hydrogens is 388 g/mol.